The van der Waals surface area contributed by atoms with Crippen molar-refractivity contribution in [1.29, 1.82) is 0 Å². The molecule has 1 N–H and O–H groups in total. The summed E-state index contributed by atoms with van der Waals surface area (Å²) in [4.78, 5) is 26.3. The van der Waals surface area contributed by atoms with Gasteiger partial charge in [0.05, 0.1) is 0 Å². The number of rotatable bonds is 5. The number of anilines is 1. The van der Waals surface area contributed by atoms with Crippen molar-refractivity contribution in [3.63, 3.8) is 0 Å². The Labute approximate surface area is 152 Å². The Morgan fingerprint density at radius 3 is 2.68 bits per heavy atom. The second-order valence-corrected chi connectivity index (χ2v) is 6.56. The van der Waals surface area contributed by atoms with Crippen LogP contribution in [0.4, 0.5) is 5.69 Å². The van der Waals surface area contributed by atoms with Crippen LogP contribution < -0.4 is 10.2 Å². The van der Waals surface area contributed by atoms with Crippen LogP contribution in [0.1, 0.15) is 24.0 Å². The van der Waals surface area contributed by atoms with E-state index in [2.05, 4.69) is 5.32 Å². The lowest BCUT2D eigenvalue weighted by molar-refractivity contribution is -0.123. The maximum absolute atomic E-state index is 12.4. The van der Waals surface area contributed by atoms with E-state index in [-0.39, 0.29) is 18.4 Å². The number of fused-ring (bicyclic) bond motifs is 1. The van der Waals surface area contributed by atoms with E-state index in [4.69, 9.17) is 11.6 Å². The number of hydrogen-bond donors (Lipinski definition) is 1. The molecule has 3 rings (SSSR count). The van der Waals surface area contributed by atoms with Crippen LogP contribution in [-0.2, 0) is 22.4 Å². The Hall–Kier alpha value is -2.33. The third-order valence-corrected chi connectivity index (χ3v) is 4.77. The highest BCUT2D eigenvalue weighted by molar-refractivity contribution is 6.31. The predicted molar refractivity (Wildman–Crippen MR) is 99.9 cm³/mol. The van der Waals surface area contributed by atoms with Crippen LogP contribution in [-0.4, -0.2) is 24.9 Å². The van der Waals surface area contributed by atoms with Gasteiger partial charge in [-0.1, -0.05) is 48.0 Å². The number of aryl methyl sites for hydroxylation is 1. The van der Waals surface area contributed by atoms with Crippen molar-refractivity contribution in [2.75, 3.05) is 18.0 Å². The number of para-hydroxylation sites is 1. The molecule has 0 aliphatic carbocycles. The molecule has 0 bridgehead atoms. The minimum absolute atomic E-state index is 0.00574. The van der Waals surface area contributed by atoms with Gasteiger partial charge in [0.15, 0.2) is 0 Å². The highest BCUT2D eigenvalue weighted by Crippen LogP contribution is 2.26. The number of nitrogens with one attached hydrogen (secondary N) is 1. The lowest BCUT2D eigenvalue weighted by Gasteiger charge is -2.22. The molecule has 2 amide bonds. The van der Waals surface area contributed by atoms with Gasteiger partial charge in [0.1, 0.15) is 6.54 Å². The quantitative estimate of drug-likeness (QED) is 0.893. The molecule has 25 heavy (non-hydrogen) atoms. The fourth-order valence-electron chi connectivity index (χ4n) is 3.10. The molecular weight excluding hydrogens is 336 g/mol. The van der Waals surface area contributed by atoms with E-state index in [1.165, 1.54) is 0 Å². The molecule has 0 saturated heterocycles. The third-order valence-electron chi connectivity index (χ3n) is 4.40. The SMILES string of the molecule is O=C(CN1C(=O)CCCc2ccccc21)NCCc1ccccc1Cl. The van der Waals surface area contributed by atoms with Gasteiger partial charge in [-0.2, -0.15) is 0 Å². The number of hydrogen-bond acceptors (Lipinski definition) is 2. The number of halogens is 1. The van der Waals surface area contributed by atoms with E-state index in [0.717, 1.165) is 29.7 Å². The van der Waals surface area contributed by atoms with Crippen molar-refractivity contribution in [3.05, 3.63) is 64.7 Å². The lowest BCUT2D eigenvalue weighted by atomic mass is 10.1. The van der Waals surface area contributed by atoms with E-state index in [0.29, 0.717) is 24.4 Å². The summed E-state index contributed by atoms with van der Waals surface area (Å²) in [5, 5.41) is 3.59. The van der Waals surface area contributed by atoms with Crippen LogP contribution in [0.2, 0.25) is 5.02 Å². The summed E-state index contributed by atoms with van der Waals surface area (Å²) < 4.78 is 0. The summed E-state index contributed by atoms with van der Waals surface area (Å²) in [6, 6.07) is 15.4. The zero-order valence-corrected chi connectivity index (χ0v) is 14.8. The van der Waals surface area contributed by atoms with Crippen molar-refractivity contribution >= 4 is 29.1 Å². The van der Waals surface area contributed by atoms with Crippen molar-refractivity contribution in [1.82, 2.24) is 5.32 Å². The summed E-state index contributed by atoms with van der Waals surface area (Å²) >= 11 is 6.12. The van der Waals surface area contributed by atoms with Crippen molar-refractivity contribution in [2.24, 2.45) is 0 Å². The third kappa shape index (κ3) is 4.40. The minimum atomic E-state index is -0.155. The smallest absolute Gasteiger partial charge is 0.240 e. The van der Waals surface area contributed by atoms with Crippen LogP contribution in [0.25, 0.3) is 0 Å². The lowest BCUT2D eigenvalue weighted by Crippen LogP contribution is -2.41. The molecule has 0 unspecified atom stereocenters. The maximum Gasteiger partial charge on any atom is 0.240 e. The Morgan fingerprint density at radius 1 is 1.08 bits per heavy atom. The zero-order valence-electron chi connectivity index (χ0n) is 14.0. The van der Waals surface area contributed by atoms with Gasteiger partial charge in [0.2, 0.25) is 11.8 Å². The Kier molecular flexibility index (Phi) is 5.71. The minimum Gasteiger partial charge on any atom is -0.354 e. The molecule has 0 saturated carbocycles. The largest absolute Gasteiger partial charge is 0.354 e. The molecule has 1 heterocycles. The monoisotopic (exact) mass is 356 g/mol. The normalized spacial score (nSPS) is 14.0. The Balaban J connectivity index is 1.60. The van der Waals surface area contributed by atoms with E-state index in [1.54, 1.807) is 4.90 Å². The van der Waals surface area contributed by atoms with Crippen LogP contribution in [0.3, 0.4) is 0 Å². The van der Waals surface area contributed by atoms with Crippen LogP contribution >= 0.6 is 11.6 Å². The summed E-state index contributed by atoms with van der Waals surface area (Å²) in [5.74, 6) is -0.150. The summed E-state index contributed by atoms with van der Waals surface area (Å²) in [7, 11) is 0. The molecule has 0 radical (unpaired) electrons. The van der Waals surface area contributed by atoms with Gasteiger partial charge < -0.3 is 10.2 Å². The first kappa shape index (κ1) is 17.5. The maximum atomic E-state index is 12.4. The van der Waals surface area contributed by atoms with Crippen molar-refractivity contribution in [2.45, 2.75) is 25.7 Å². The molecule has 5 heteroatoms. The fourth-order valence-corrected chi connectivity index (χ4v) is 3.33. The van der Waals surface area contributed by atoms with E-state index in [1.807, 2.05) is 48.5 Å². The van der Waals surface area contributed by atoms with Gasteiger partial charge >= 0.3 is 0 Å². The Bertz CT molecular complexity index is 776. The number of benzene rings is 2. The van der Waals surface area contributed by atoms with E-state index in [9.17, 15) is 9.59 Å². The van der Waals surface area contributed by atoms with Gasteiger partial charge in [-0.15, -0.1) is 0 Å². The fraction of sp³-hybridized carbons (Fsp3) is 0.300. The first-order chi connectivity index (χ1) is 12.1. The number of amides is 2. The molecule has 1 aliphatic heterocycles. The topological polar surface area (TPSA) is 49.4 Å². The number of carbonyl (C=O) groups is 2. The summed E-state index contributed by atoms with van der Waals surface area (Å²) in [6.07, 6.45) is 2.82. The predicted octanol–water partition coefficient (Wildman–Crippen LogP) is 3.37. The highest BCUT2D eigenvalue weighted by Gasteiger charge is 2.23. The zero-order chi connectivity index (χ0) is 17.6. The molecular formula is C20H21ClN2O2. The summed E-state index contributed by atoms with van der Waals surface area (Å²) in [6.45, 7) is 0.546. The number of nitrogens with zero attached hydrogens (tertiary/aromatic N) is 1. The number of carbonyl (C=O) groups excluding carboxylic acids is 2. The second-order valence-electron chi connectivity index (χ2n) is 6.15. The average molecular weight is 357 g/mol. The van der Waals surface area contributed by atoms with E-state index < -0.39 is 0 Å². The molecule has 0 atom stereocenters. The standard InChI is InChI=1S/C20H21ClN2O2/c21-17-9-3-1-6-15(17)12-13-22-19(24)14-23-18-10-4-2-7-16(18)8-5-11-20(23)25/h1-4,6-7,9-10H,5,8,11-14H2,(H,22,24). The molecule has 1 aliphatic rings. The molecule has 2 aromatic carbocycles. The van der Waals surface area contributed by atoms with Crippen LogP contribution in [0.15, 0.2) is 48.5 Å². The molecule has 0 spiro atoms. The van der Waals surface area contributed by atoms with Gasteiger partial charge in [-0.25, -0.2) is 0 Å². The van der Waals surface area contributed by atoms with Gasteiger partial charge in [0.25, 0.3) is 0 Å². The van der Waals surface area contributed by atoms with Gasteiger partial charge in [-0.05, 0) is 42.5 Å². The molecule has 0 aromatic heterocycles. The van der Waals surface area contributed by atoms with Crippen LogP contribution in [0.5, 0.6) is 0 Å². The second kappa shape index (κ2) is 8.17. The average Bonchev–Trinajstić information content (AvgIpc) is 2.76. The molecule has 2 aromatic rings. The van der Waals surface area contributed by atoms with Crippen LogP contribution in [0, 0.1) is 0 Å². The molecule has 0 fully saturated rings. The van der Waals surface area contributed by atoms with Crippen molar-refractivity contribution in [3.8, 4) is 0 Å². The first-order valence-corrected chi connectivity index (χ1v) is 8.91. The first-order valence-electron chi connectivity index (χ1n) is 8.53. The van der Waals surface area contributed by atoms with E-state index >= 15 is 0 Å². The highest BCUT2D eigenvalue weighted by atomic mass is 35.5. The van der Waals surface area contributed by atoms with Gasteiger partial charge in [0, 0.05) is 23.7 Å². The molecule has 4 nitrogen and oxygen atoms in total. The summed E-state index contributed by atoms with van der Waals surface area (Å²) in [5.41, 5.74) is 2.98. The molecule has 130 valence electrons. The Morgan fingerprint density at radius 2 is 1.84 bits per heavy atom. The van der Waals surface area contributed by atoms with Gasteiger partial charge in [-0.3, -0.25) is 9.59 Å². The van der Waals surface area contributed by atoms with Crippen molar-refractivity contribution < 1.29 is 9.59 Å².